The highest BCUT2D eigenvalue weighted by Crippen LogP contribution is 2.24. The molecule has 6 nitrogen and oxygen atoms in total. The van der Waals surface area contributed by atoms with Crippen LogP contribution in [-0.2, 0) is 0 Å². The van der Waals surface area contributed by atoms with Gasteiger partial charge in [-0.2, -0.15) is 0 Å². The van der Waals surface area contributed by atoms with E-state index < -0.39 is 12.0 Å². The number of amides is 2. The average Bonchev–Trinajstić information content (AvgIpc) is 2.41. The van der Waals surface area contributed by atoms with E-state index in [-0.39, 0.29) is 23.0 Å². The van der Waals surface area contributed by atoms with Gasteiger partial charge in [0.05, 0.1) is 11.3 Å². The van der Waals surface area contributed by atoms with Crippen LogP contribution < -0.4 is 10.6 Å². The standard InChI is InChI=1S/C15H22N2O4/c1-3-4-5-6-10(2)16-15(21)17-12-8-7-11(14(19)20)9-13(12)18/h7-10,18H,3-6H2,1-2H3,(H,19,20)(H2,16,17,21). The zero-order chi connectivity index (χ0) is 15.8. The van der Waals surface area contributed by atoms with Gasteiger partial charge in [0.1, 0.15) is 5.75 Å². The Labute approximate surface area is 124 Å². The molecule has 21 heavy (non-hydrogen) atoms. The number of phenols is 1. The van der Waals surface area contributed by atoms with Crippen LogP contribution in [0.3, 0.4) is 0 Å². The number of carbonyl (C=O) groups is 2. The molecule has 1 aromatic rings. The molecule has 0 aromatic heterocycles. The summed E-state index contributed by atoms with van der Waals surface area (Å²) < 4.78 is 0. The smallest absolute Gasteiger partial charge is 0.335 e. The van der Waals surface area contributed by atoms with Gasteiger partial charge in [0.2, 0.25) is 0 Å². The fraction of sp³-hybridized carbons (Fsp3) is 0.467. The van der Waals surface area contributed by atoms with Crippen molar-refractivity contribution in [2.24, 2.45) is 0 Å². The molecule has 0 aliphatic rings. The summed E-state index contributed by atoms with van der Waals surface area (Å²) in [6.45, 7) is 4.04. The molecule has 0 bridgehead atoms. The number of anilines is 1. The molecule has 0 aliphatic carbocycles. The molecule has 2 amide bonds. The van der Waals surface area contributed by atoms with E-state index in [0.29, 0.717) is 0 Å². The zero-order valence-electron chi connectivity index (χ0n) is 12.3. The third-order valence-electron chi connectivity index (χ3n) is 3.11. The molecule has 0 heterocycles. The van der Waals surface area contributed by atoms with Crippen LogP contribution in [0, 0.1) is 0 Å². The van der Waals surface area contributed by atoms with Crippen LogP contribution in [0.1, 0.15) is 49.9 Å². The van der Waals surface area contributed by atoms with Crippen LogP contribution in [0.25, 0.3) is 0 Å². The molecule has 0 spiro atoms. The third-order valence-corrected chi connectivity index (χ3v) is 3.11. The maximum absolute atomic E-state index is 11.8. The second-order valence-corrected chi connectivity index (χ2v) is 5.03. The normalized spacial score (nSPS) is 11.7. The Morgan fingerprint density at radius 2 is 2.00 bits per heavy atom. The molecule has 0 saturated heterocycles. The van der Waals surface area contributed by atoms with Gasteiger partial charge in [-0.25, -0.2) is 9.59 Å². The van der Waals surface area contributed by atoms with E-state index in [4.69, 9.17) is 5.11 Å². The Hall–Kier alpha value is -2.24. The van der Waals surface area contributed by atoms with Gasteiger partial charge < -0.3 is 20.8 Å². The summed E-state index contributed by atoms with van der Waals surface area (Å²) in [7, 11) is 0. The number of urea groups is 1. The lowest BCUT2D eigenvalue weighted by Gasteiger charge is -2.15. The van der Waals surface area contributed by atoms with Crippen molar-refractivity contribution in [3.8, 4) is 5.75 Å². The number of rotatable bonds is 7. The minimum Gasteiger partial charge on any atom is -0.506 e. The van der Waals surface area contributed by atoms with E-state index in [1.165, 1.54) is 12.1 Å². The molecule has 1 atom stereocenters. The molecule has 116 valence electrons. The molecule has 1 rings (SSSR count). The number of unbranched alkanes of at least 4 members (excludes halogenated alkanes) is 2. The van der Waals surface area contributed by atoms with E-state index in [1.54, 1.807) is 0 Å². The van der Waals surface area contributed by atoms with Gasteiger partial charge in [0.25, 0.3) is 0 Å². The van der Waals surface area contributed by atoms with Crippen molar-refractivity contribution in [1.29, 1.82) is 0 Å². The van der Waals surface area contributed by atoms with Gasteiger partial charge in [-0.15, -0.1) is 0 Å². The summed E-state index contributed by atoms with van der Waals surface area (Å²) in [4.78, 5) is 22.5. The van der Waals surface area contributed by atoms with Gasteiger partial charge in [-0.1, -0.05) is 26.2 Å². The van der Waals surface area contributed by atoms with Crippen LogP contribution >= 0.6 is 0 Å². The number of benzene rings is 1. The molecule has 0 fully saturated rings. The molecule has 4 N–H and O–H groups in total. The topological polar surface area (TPSA) is 98.7 Å². The highest BCUT2D eigenvalue weighted by molar-refractivity contribution is 5.93. The van der Waals surface area contributed by atoms with Gasteiger partial charge in [-0.05, 0) is 31.5 Å². The molecule has 0 saturated carbocycles. The van der Waals surface area contributed by atoms with Crippen molar-refractivity contribution >= 4 is 17.7 Å². The zero-order valence-corrected chi connectivity index (χ0v) is 12.3. The Balaban J connectivity index is 2.53. The van der Waals surface area contributed by atoms with Gasteiger partial charge >= 0.3 is 12.0 Å². The number of carbonyl (C=O) groups excluding carboxylic acids is 1. The predicted molar refractivity (Wildman–Crippen MR) is 80.8 cm³/mol. The van der Waals surface area contributed by atoms with Crippen LogP contribution in [0.5, 0.6) is 5.75 Å². The van der Waals surface area contributed by atoms with Crippen molar-refractivity contribution in [1.82, 2.24) is 5.32 Å². The van der Waals surface area contributed by atoms with Crippen LogP contribution in [0.4, 0.5) is 10.5 Å². The SMILES string of the molecule is CCCCCC(C)NC(=O)Nc1ccc(C(=O)O)cc1O. The van der Waals surface area contributed by atoms with Crippen LogP contribution in [0.15, 0.2) is 18.2 Å². The Morgan fingerprint density at radius 3 is 2.57 bits per heavy atom. The number of aromatic carboxylic acids is 1. The summed E-state index contributed by atoms with van der Waals surface area (Å²) in [5.74, 6) is -1.41. The first-order chi connectivity index (χ1) is 9.93. The van der Waals surface area contributed by atoms with E-state index in [0.717, 1.165) is 31.7 Å². The number of nitrogens with one attached hydrogen (secondary N) is 2. The van der Waals surface area contributed by atoms with Crippen LogP contribution in [-0.4, -0.2) is 28.3 Å². The lowest BCUT2D eigenvalue weighted by atomic mass is 10.1. The Kier molecular flexibility index (Phi) is 6.52. The third kappa shape index (κ3) is 5.72. The summed E-state index contributed by atoms with van der Waals surface area (Å²) in [6, 6.07) is 3.40. The summed E-state index contributed by atoms with van der Waals surface area (Å²) in [5.41, 5.74) is 0.143. The number of carboxylic acid groups (broad SMARTS) is 1. The van der Waals surface area contributed by atoms with Crippen molar-refractivity contribution in [2.45, 2.75) is 45.6 Å². The molecule has 0 aliphatic heterocycles. The maximum Gasteiger partial charge on any atom is 0.335 e. The molecule has 1 aromatic carbocycles. The maximum atomic E-state index is 11.8. The van der Waals surface area contributed by atoms with E-state index in [9.17, 15) is 14.7 Å². The lowest BCUT2D eigenvalue weighted by molar-refractivity contribution is 0.0696. The van der Waals surface area contributed by atoms with Crippen molar-refractivity contribution in [3.63, 3.8) is 0 Å². The Bertz CT molecular complexity index is 502. The first kappa shape index (κ1) is 16.8. The number of carboxylic acids is 1. The molecule has 0 radical (unpaired) electrons. The summed E-state index contributed by atoms with van der Waals surface area (Å²) in [6.07, 6.45) is 4.20. The summed E-state index contributed by atoms with van der Waals surface area (Å²) in [5, 5.41) is 23.8. The fourth-order valence-electron chi connectivity index (χ4n) is 1.93. The first-order valence-electron chi connectivity index (χ1n) is 7.07. The average molecular weight is 294 g/mol. The van der Waals surface area contributed by atoms with Gasteiger partial charge in [0, 0.05) is 6.04 Å². The van der Waals surface area contributed by atoms with E-state index in [2.05, 4.69) is 17.6 Å². The van der Waals surface area contributed by atoms with Gasteiger partial charge in [-0.3, -0.25) is 0 Å². The quantitative estimate of drug-likeness (QED) is 0.458. The van der Waals surface area contributed by atoms with E-state index in [1.807, 2.05) is 6.92 Å². The van der Waals surface area contributed by atoms with Crippen molar-refractivity contribution < 1.29 is 19.8 Å². The molecular weight excluding hydrogens is 272 g/mol. The number of aromatic hydroxyl groups is 1. The number of phenolic OH excluding ortho intramolecular Hbond substituents is 1. The highest BCUT2D eigenvalue weighted by atomic mass is 16.4. The van der Waals surface area contributed by atoms with E-state index >= 15 is 0 Å². The second-order valence-electron chi connectivity index (χ2n) is 5.03. The minimum atomic E-state index is -1.13. The van der Waals surface area contributed by atoms with Crippen LogP contribution in [0.2, 0.25) is 0 Å². The summed E-state index contributed by atoms with van der Waals surface area (Å²) >= 11 is 0. The monoisotopic (exact) mass is 294 g/mol. The Morgan fingerprint density at radius 1 is 1.29 bits per heavy atom. The largest absolute Gasteiger partial charge is 0.506 e. The molecular formula is C15H22N2O4. The fourth-order valence-corrected chi connectivity index (χ4v) is 1.93. The number of hydrogen-bond donors (Lipinski definition) is 4. The highest BCUT2D eigenvalue weighted by Gasteiger charge is 2.11. The first-order valence-corrected chi connectivity index (χ1v) is 7.07. The minimum absolute atomic E-state index is 0.0357. The molecule has 1 unspecified atom stereocenters. The van der Waals surface area contributed by atoms with Gasteiger partial charge in [0.15, 0.2) is 0 Å². The van der Waals surface area contributed by atoms with Crippen molar-refractivity contribution in [2.75, 3.05) is 5.32 Å². The second kappa shape index (κ2) is 8.14. The molecule has 6 heteroatoms. The lowest BCUT2D eigenvalue weighted by Crippen LogP contribution is -2.36. The number of hydrogen-bond acceptors (Lipinski definition) is 3. The predicted octanol–water partition coefficient (Wildman–Crippen LogP) is 3.18. The van der Waals surface area contributed by atoms with Crippen molar-refractivity contribution in [3.05, 3.63) is 23.8 Å².